The maximum atomic E-state index is 13.7. The molecule has 0 saturated carbocycles. The van der Waals surface area contributed by atoms with Crippen LogP contribution in [0.15, 0.2) is 30.3 Å². The van der Waals surface area contributed by atoms with Gasteiger partial charge in [-0.05, 0) is 54.3 Å². The molecule has 0 heterocycles. The van der Waals surface area contributed by atoms with Crippen LogP contribution < -0.4 is 10.5 Å². The lowest BCUT2D eigenvalue weighted by molar-refractivity contribution is 0.295. The summed E-state index contributed by atoms with van der Waals surface area (Å²) in [7, 11) is 0. The number of ether oxygens (including phenoxy) is 1. The Kier molecular flexibility index (Phi) is 4.73. The summed E-state index contributed by atoms with van der Waals surface area (Å²) in [6, 6.07) is 8.26. The predicted molar refractivity (Wildman–Crippen MR) is 85.4 cm³/mol. The average Bonchev–Trinajstić information content (AvgIpc) is 2.42. The van der Waals surface area contributed by atoms with E-state index < -0.39 is 0 Å². The quantitative estimate of drug-likeness (QED) is 0.800. The Morgan fingerprint density at radius 3 is 2.62 bits per heavy atom. The summed E-state index contributed by atoms with van der Waals surface area (Å²) in [5.41, 5.74) is 9.08. The molecule has 0 spiro atoms. The largest absolute Gasteiger partial charge is 0.488 e. The van der Waals surface area contributed by atoms with Gasteiger partial charge in [-0.25, -0.2) is 4.39 Å². The van der Waals surface area contributed by atoms with E-state index >= 15 is 0 Å². The summed E-state index contributed by atoms with van der Waals surface area (Å²) >= 11 is 5.89. The minimum Gasteiger partial charge on any atom is -0.488 e. The zero-order valence-electron chi connectivity index (χ0n) is 12.4. The highest BCUT2D eigenvalue weighted by atomic mass is 35.5. The zero-order valence-corrected chi connectivity index (χ0v) is 13.2. The third-order valence-electron chi connectivity index (χ3n) is 3.41. The van der Waals surface area contributed by atoms with Gasteiger partial charge in [-0.3, -0.25) is 0 Å². The second-order valence-corrected chi connectivity index (χ2v) is 5.86. The Labute approximate surface area is 129 Å². The first kappa shape index (κ1) is 15.6. The van der Waals surface area contributed by atoms with Crippen LogP contribution >= 0.6 is 11.6 Å². The molecule has 21 heavy (non-hydrogen) atoms. The van der Waals surface area contributed by atoms with Gasteiger partial charge in [0.25, 0.3) is 0 Å². The highest BCUT2D eigenvalue weighted by molar-refractivity contribution is 6.30. The van der Waals surface area contributed by atoms with E-state index in [0.717, 1.165) is 22.6 Å². The van der Waals surface area contributed by atoms with Crippen molar-refractivity contribution in [2.24, 2.45) is 0 Å². The molecule has 0 saturated heterocycles. The van der Waals surface area contributed by atoms with Crippen LogP contribution in [0, 0.1) is 12.7 Å². The Balaban J connectivity index is 2.27. The molecule has 0 atom stereocenters. The van der Waals surface area contributed by atoms with Crippen molar-refractivity contribution in [1.82, 2.24) is 0 Å². The molecular formula is C17H19ClFNO. The number of nitrogen functional groups attached to an aromatic ring is 1. The van der Waals surface area contributed by atoms with Crippen LogP contribution in [0.5, 0.6) is 5.75 Å². The van der Waals surface area contributed by atoms with Gasteiger partial charge < -0.3 is 10.5 Å². The van der Waals surface area contributed by atoms with E-state index in [2.05, 4.69) is 13.8 Å². The molecule has 2 nitrogen and oxygen atoms in total. The second-order valence-electron chi connectivity index (χ2n) is 5.43. The number of benzene rings is 2. The van der Waals surface area contributed by atoms with Crippen molar-refractivity contribution in [3.05, 3.63) is 57.9 Å². The SMILES string of the molecule is Cc1cc(OCc2cc(Cl)ccc2F)c(C(C)C)cc1N. The third-order valence-corrected chi connectivity index (χ3v) is 3.65. The molecule has 0 bridgehead atoms. The average molecular weight is 308 g/mol. The summed E-state index contributed by atoms with van der Waals surface area (Å²) in [4.78, 5) is 0. The molecule has 0 radical (unpaired) electrons. The number of rotatable bonds is 4. The van der Waals surface area contributed by atoms with Crippen LogP contribution in [0.3, 0.4) is 0 Å². The fourth-order valence-corrected chi connectivity index (χ4v) is 2.30. The fraction of sp³-hybridized carbons (Fsp3) is 0.294. The van der Waals surface area contributed by atoms with Gasteiger partial charge in [0.05, 0.1) is 0 Å². The first-order chi connectivity index (χ1) is 9.88. The van der Waals surface area contributed by atoms with Crippen molar-refractivity contribution < 1.29 is 9.13 Å². The fourth-order valence-electron chi connectivity index (χ4n) is 2.10. The molecule has 0 aliphatic rings. The lowest BCUT2D eigenvalue weighted by Crippen LogP contribution is -2.03. The van der Waals surface area contributed by atoms with Crippen LogP contribution in [0.1, 0.15) is 36.5 Å². The summed E-state index contributed by atoms with van der Waals surface area (Å²) in [6.45, 7) is 6.19. The van der Waals surface area contributed by atoms with E-state index in [9.17, 15) is 4.39 Å². The van der Waals surface area contributed by atoms with Crippen LogP contribution in [0.25, 0.3) is 0 Å². The summed E-state index contributed by atoms with van der Waals surface area (Å²) in [5.74, 6) is 0.681. The van der Waals surface area contributed by atoms with Crippen LogP contribution in [0.4, 0.5) is 10.1 Å². The molecule has 2 rings (SSSR count). The van der Waals surface area contributed by atoms with Gasteiger partial charge in [-0.15, -0.1) is 0 Å². The van der Waals surface area contributed by atoms with Gasteiger partial charge in [0.2, 0.25) is 0 Å². The number of halogens is 2. The zero-order chi connectivity index (χ0) is 15.6. The van der Waals surface area contributed by atoms with Crippen molar-refractivity contribution in [1.29, 1.82) is 0 Å². The molecule has 4 heteroatoms. The summed E-state index contributed by atoms with van der Waals surface area (Å²) in [6.07, 6.45) is 0. The minimum absolute atomic E-state index is 0.134. The van der Waals surface area contributed by atoms with Crippen LogP contribution in [-0.4, -0.2) is 0 Å². The third kappa shape index (κ3) is 3.67. The number of aryl methyl sites for hydroxylation is 1. The van der Waals surface area contributed by atoms with E-state index in [4.69, 9.17) is 22.1 Å². The molecule has 112 valence electrons. The normalized spacial score (nSPS) is 11.0. The number of anilines is 1. The number of nitrogens with two attached hydrogens (primary N) is 1. The molecule has 0 amide bonds. The van der Waals surface area contributed by atoms with Gasteiger partial charge in [-0.2, -0.15) is 0 Å². The monoisotopic (exact) mass is 307 g/mol. The number of hydrogen-bond acceptors (Lipinski definition) is 2. The molecule has 0 aliphatic carbocycles. The molecule has 0 unspecified atom stereocenters. The highest BCUT2D eigenvalue weighted by Crippen LogP contribution is 2.31. The van der Waals surface area contributed by atoms with Crippen molar-refractivity contribution >= 4 is 17.3 Å². The lowest BCUT2D eigenvalue weighted by Gasteiger charge is -2.16. The van der Waals surface area contributed by atoms with Gasteiger partial charge in [0.1, 0.15) is 18.2 Å². The maximum absolute atomic E-state index is 13.7. The Morgan fingerprint density at radius 2 is 1.95 bits per heavy atom. The highest BCUT2D eigenvalue weighted by Gasteiger charge is 2.12. The predicted octanol–water partition coefficient (Wildman–Crippen LogP) is 5.07. The van der Waals surface area contributed by atoms with E-state index in [-0.39, 0.29) is 18.3 Å². The molecule has 0 aromatic heterocycles. The van der Waals surface area contributed by atoms with Crippen molar-refractivity contribution in [2.45, 2.75) is 33.3 Å². The molecule has 2 N–H and O–H groups in total. The van der Waals surface area contributed by atoms with E-state index in [1.54, 1.807) is 6.07 Å². The van der Waals surface area contributed by atoms with Gasteiger partial charge >= 0.3 is 0 Å². The van der Waals surface area contributed by atoms with Crippen LogP contribution in [-0.2, 0) is 6.61 Å². The summed E-state index contributed by atoms with van der Waals surface area (Å²) < 4.78 is 19.5. The van der Waals surface area contributed by atoms with E-state index in [1.165, 1.54) is 12.1 Å². The van der Waals surface area contributed by atoms with Gasteiger partial charge in [0.15, 0.2) is 0 Å². The van der Waals surface area contributed by atoms with Crippen molar-refractivity contribution in [3.63, 3.8) is 0 Å². The van der Waals surface area contributed by atoms with Crippen molar-refractivity contribution in [3.8, 4) is 5.75 Å². The van der Waals surface area contributed by atoms with Crippen LogP contribution in [0.2, 0.25) is 5.02 Å². The smallest absolute Gasteiger partial charge is 0.129 e. The molecular weight excluding hydrogens is 289 g/mol. The Morgan fingerprint density at radius 1 is 1.24 bits per heavy atom. The molecule has 2 aromatic carbocycles. The molecule has 0 aliphatic heterocycles. The maximum Gasteiger partial charge on any atom is 0.129 e. The first-order valence-electron chi connectivity index (χ1n) is 6.85. The molecule has 0 fully saturated rings. The Bertz CT molecular complexity index is 655. The topological polar surface area (TPSA) is 35.2 Å². The van der Waals surface area contributed by atoms with E-state index in [0.29, 0.717) is 10.6 Å². The first-order valence-corrected chi connectivity index (χ1v) is 7.23. The van der Waals surface area contributed by atoms with Gasteiger partial charge in [-0.1, -0.05) is 25.4 Å². The lowest BCUT2D eigenvalue weighted by atomic mass is 9.99. The van der Waals surface area contributed by atoms with Gasteiger partial charge in [0, 0.05) is 16.3 Å². The summed E-state index contributed by atoms with van der Waals surface area (Å²) in [5, 5.41) is 0.493. The van der Waals surface area contributed by atoms with E-state index in [1.807, 2.05) is 19.1 Å². The second kappa shape index (κ2) is 6.35. The standard InChI is InChI=1S/C17H19ClFNO/c1-10(2)14-8-16(20)11(3)6-17(14)21-9-12-7-13(18)4-5-15(12)19/h4-8,10H,9,20H2,1-3H3. The minimum atomic E-state index is -0.322. The Hall–Kier alpha value is -1.74. The van der Waals surface area contributed by atoms with Crippen molar-refractivity contribution in [2.75, 3.05) is 5.73 Å². The number of hydrogen-bond donors (Lipinski definition) is 1. The molecule has 2 aromatic rings.